The molecule has 0 heterocycles. The van der Waals surface area contributed by atoms with Gasteiger partial charge in [-0.3, -0.25) is 0 Å². The molecule has 1 saturated carbocycles. The lowest BCUT2D eigenvalue weighted by Gasteiger charge is -2.24. The quantitative estimate of drug-likeness (QED) is 0.574. The molecule has 1 fully saturated rings. The number of ether oxygens (including phenoxy) is 2. The van der Waals surface area contributed by atoms with Gasteiger partial charge in [-0.15, -0.1) is 0 Å². The van der Waals surface area contributed by atoms with E-state index in [0.717, 1.165) is 18.9 Å². The van der Waals surface area contributed by atoms with E-state index in [1.165, 1.54) is 12.5 Å². The van der Waals surface area contributed by atoms with E-state index >= 15 is 0 Å². The summed E-state index contributed by atoms with van der Waals surface area (Å²) in [6, 6.07) is 0. The zero-order valence-electron chi connectivity index (χ0n) is 9.76. The van der Waals surface area contributed by atoms with Gasteiger partial charge in [-0.25, -0.2) is 9.59 Å². The van der Waals surface area contributed by atoms with Crippen molar-refractivity contribution >= 4 is 11.9 Å². The Morgan fingerprint density at radius 1 is 1.24 bits per heavy atom. The van der Waals surface area contributed by atoms with Gasteiger partial charge in [0.1, 0.15) is 12.7 Å². The third kappa shape index (κ3) is 8.21. The second-order valence-corrected chi connectivity index (χ2v) is 3.29. The van der Waals surface area contributed by atoms with Crippen molar-refractivity contribution in [1.82, 2.24) is 0 Å². The van der Waals surface area contributed by atoms with Gasteiger partial charge in [-0.05, 0) is 19.3 Å². The lowest BCUT2D eigenvalue weighted by Crippen LogP contribution is -2.23. The summed E-state index contributed by atoms with van der Waals surface area (Å²) in [6.07, 6.45) is 5.69. The maximum atomic E-state index is 10.5. The number of aliphatic hydroxyl groups is 1. The fourth-order valence-electron chi connectivity index (χ4n) is 0.906. The molecule has 0 atom stereocenters. The topological polar surface area (TPSA) is 72.8 Å². The van der Waals surface area contributed by atoms with E-state index in [9.17, 15) is 9.59 Å². The first-order chi connectivity index (χ1) is 8.13. The Balaban J connectivity index is 0.000000304. The molecule has 0 aromatic heterocycles. The van der Waals surface area contributed by atoms with Crippen molar-refractivity contribution in [3.63, 3.8) is 0 Å². The minimum absolute atomic E-state index is 0.0465. The fraction of sp³-hybridized carbons (Fsp3) is 0.500. The third-order valence-corrected chi connectivity index (χ3v) is 2.00. The van der Waals surface area contributed by atoms with Crippen LogP contribution >= 0.6 is 0 Å². The average molecular weight is 242 g/mol. The smallest absolute Gasteiger partial charge is 0.330 e. The number of hydrogen-bond donors (Lipinski definition) is 1. The summed E-state index contributed by atoms with van der Waals surface area (Å²) >= 11 is 0. The van der Waals surface area contributed by atoms with E-state index in [4.69, 9.17) is 9.84 Å². The van der Waals surface area contributed by atoms with Crippen LogP contribution in [-0.4, -0.2) is 36.4 Å². The second-order valence-electron chi connectivity index (χ2n) is 3.29. The van der Waals surface area contributed by atoms with Crippen molar-refractivity contribution in [2.45, 2.75) is 25.4 Å². The summed E-state index contributed by atoms with van der Waals surface area (Å²) in [7, 11) is 0. The maximum Gasteiger partial charge on any atom is 0.330 e. The first kappa shape index (κ1) is 15.4. The molecule has 0 radical (unpaired) electrons. The zero-order chi connectivity index (χ0) is 13.1. The van der Waals surface area contributed by atoms with Gasteiger partial charge in [0.2, 0.25) is 0 Å². The van der Waals surface area contributed by atoms with Crippen LogP contribution in [0.2, 0.25) is 0 Å². The molecule has 0 saturated heterocycles. The van der Waals surface area contributed by atoms with Crippen LogP contribution in [0.4, 0.5) is 0 Å². The van der Waals surface area contributed by atoms with Gasteiger partial charge in [0.25, 0.3) is 0 Å². The SMILES string of the molecule is C=CC(=O)OC1CCC1.C=CC(=O)OCCO. The van der Waals surface area contributed by atoms with Gasteiger partial charge >= 0.3 is 11.9 Å². The fourth-order valence-corrected chi connectivity index (χ4v) is 0.906. The van der Waals surface area contributed by atoms with Gasteiger partial charge in [0.05, 0.1) is 6.61 Å². The van der Waals surface area contributed by atoms with E-state index in [0.29, 0.717) is 0 Å². The monoisotopic (exact) mass is 242 g/mol. The first-order valence-corrected chi connectivity index (χ1v) is 5.37. The van der Waals surface area contributed by atoms with Crippen LogP contribution < -0.4 is 0 Å². The average Bonchev–Trinajstić information content (AvgIpc) is 2.31. The van der Waals surface area contributed by atoms with Crippen molar-refractivity contribution in [3.05, 3.63) is 25.3 Å². The van der Waals surface area contributed by atoms with Crippen molar-refractivity contribution in [2.75, 3.05) is 13.2 Å². The summed E-state index contributed by atoms with van der Waals surface area (Å²) in [6.45, 7) is 6.36. The van der Waals surface area contributed by atoms with Crippen molar-refractivity contribution in [1.29, 1.82) is 0 Å². The molecular weight excluding hydrogens is 224 g/mol. The molecule has 0 unspecified atom stereocenters. The largest absolute Gasteiger partial charge is 0.460 e. The van der Waals surface area contributed by atoms with Crippen LogP contribution in [0.15, 0.2) is 25.3 Å². The van der Waals surface area contributed by atoms with Gasteiger partial charge in [-0.2, -0.15) is 0 Å². The van der Waals surface area contributed by atoms with Crippen LogP contribution in [-0.2, 0) is 19.1 Å². The molecule has 0 aromatic rings. The van der Waals surface area contributed by atoms with Crippen LogP contribution in [0.25, 0.3) is 0 Å². The van der Waals surface area contributed by atoms with Crippen LogP contribution in [0.3, 0.4) is 0 Å². The molecule has 96 valence electrons. The highest BCUT2D eigenvalue weighted by atomic mass is 16.5. The molecule has 1 aliphatic rings. The highest BCUT2D eigenvalue weighted by Gasteiger charge is 2.19. The van der Waals surface area contributed by atoms with Crippen LogP contribution in [0, 0.1) is 0 Å². The Morgan fingerprint density at radius 2 is 1.82 bits per heavy atom. The normalized spacial score (nSPS) is 13.5. The van der Waals surface area contributed by atoms with E-state index in [1.54, 1.807) is 0 Å². The van der Waals surface area contributed by atoms with Gasteiger partial charge < -0.3 is 14.6 Å². The van der Waals surface area contributed by atoms with Crippen LogP contribution in [0.1, 0.15) is 19.3 Å². The van der Waals surface area contributed by atoms with E-state index in [2.05, 4.69) is 17.9 Å². The Bertz CT molecular complexity index is 268. The van der Waals surface area contributed by atoms with Gasteiger partial charge in [0, 0.05) is 12.2 Å². The van der Waals surface area contributed by atoms with Crippen molar-refractivity contribution < 1.29 is 24.2 Å². The molecule has 0 aromatic carbocycles. The standard InChI is InChI=1S/C7H10O2.C5H8O3/c1-2-7(8)9-6-4-3-5-6;1-2-5(7)8-4-3-6/h2,6H,1,3-5H2;2,6H,1,3-4H2. The van der Waals surface area contributed by atoms with E-state index < -0.39 is 5.97 Å². The number of rotatable bonds is 5. The zero-order valence-corrected chi connectivity index (χ0v) is 9.76. The number of aliphatic hydroxyl groups excluding tert-OH is 1. The minimum atomic E-state index is -0.501. The molecule has 0 spiro atoms. The molecule has 1 N–H and O–H groups in total. The molecule has 5 nitrogen and oxygen atoms in total. The van der Waals surface area contributed by atoms with E-state index in [1.807, 2.05) is 0 Å². The molecule has 0 amide bonds. The number of hydrogen-bond acceptors (Lipinski definition) is 5. The summed E-state index contributed by atoms with van der Waals surface area (Å²) < 4.78 is 9.21. The molecule has 1 aliphatic carbocycles. The number of carbonyl (C=O) groups is 2. The molecule has 1 rings (SSSR count). The highest BCUT2D eigenvalue weighted by molar-refractivity contribution is 5.81. The predicted molar refractivity (Wildman–Crippen MR) is 62.2 cm³/mol. The number of carbonyl (C=O) groups excluding carboxylic acids is 2. The van der Waals surface area contributed by atoms with Gasteiger partial charge in [-0.1, -0.05) is 13.2 Å². The second kappa shape index (κ2) is 9.59. The maximum absolute atomic E-state index is 10.5. The molecular formula is C12H18O5. The first-order valence-electron chi connectivity index (χ1n) is 5.37. The Morgan fingerprint density at radius 3 is 2.18 bits per heavy atom. The van der Waals surface area contributed by atoms with Gasteiger partial charge in [0.15, 0.2) is 0 Å². The van der Waals surface area contributed by atoms with Crippen molar-refractivity contribution in [3.8, 4) is 0 Å². The molecule has 0 bridgehead atoms. The van der Waals surface area contributed by atoms with E-state index in [-0.39, 0.29) is 25.3 Å². The Hall–Kier alpha value is -1.62. The minimum Gasteiger partial charge on any atom is -0.460 e. The predicted octanol–water partition coefficient (Wildman–Crippen LogP) is 0.976. The lowest BCUT2D eigenvalue weighted by atomic mass is 9.96. The summed E-state index contributed by atoms with van der Waals surface area (Å²) in [5, 5.41) is 8.10. The summed E-state index contributed by atoms with van der Waals surface area (Å²) in [5.41, 5.74) is 0. The molecule has 5 heteroatoms. The lowest BCUT2D eigenvalue weighted by molar-refractivity contribution is -0.146. The molecule has 0 aliphatic heterocycles. The summed E-state index contributed by atoms with van der Waals surface area (Å²) in [4.78, 5) is 20.6. The highest BCUT2D eigenvalue weighted by Crippen LogP contribution is 2.21. The third-order valence-electron chi connectivity index (χ3n) is 2.00. The molecule has 17 heavy (non-hydrogen) atoms. The van der Waals surface area contributed by atoms with Crippen LogP contribution in [0.5, 0.6) is 0 Å². The van der Waals surface area contributed by atoms with Crippen molar-refractivity contribution in [2.24, 2.45) is 0 Å². The summed E-state index contributed by atoms with van der Waals surface area (Å²) in [5.74, 6) is -0.793. The number of esters is 2. The Labute approximate surface area is 101 Å². The Kier molecular flexibility index (Phi) is 8.68.